The molecule has 7 nitrogen and oxygen atoms in total. The van der Waals surface area contributed by atoms with Crippen LogP contribution in [0.25, 0.3) is 0 Å². The van der Waals surface area contributed by atoms with Crippen molar-refractivity contribution in [3.63, 3.8) is 0 Å². The molecule has 0 spiro atoms. The predicted molar refractivity (Wildman–Crippen MR) is 107 cm³/mol. The summed E-state index contributed by atoms with van der Waals surface area (Å²) in [4.78, 5) is 23.9. The molecule has 1 rings (SSSR count). The van der Waals surface area contributed by atoms with Crippen LogP contribution in [0.15, 0.2) is 24.3 Å². The van der Waals surface area contributed by atoms with Crippen LogP contribution in [0.3, 0.4) is 0 Å². The minimum Gasteiger partial charge on any atom is -0.497 e. The molecule has 0 saturated carbocycles. The first-order chi connectivity index (χ1) is 12.9. The van der Waals surface area contributed by atoms with Gasteiger partial charge in [-0.15, -0.1) is 0 Å². The highest BCUT2D eigenvalue weighted by Gasteiger charge is 2.21. The van der Waals surface area contributed by atoms with Crippen molar-refractivity contribution >= 4 is 12.1 Å². The number of ether oxygens (including phenoxy) is 4. The van der Waals surface area contributed by atoms with Gasteiger partial charge in [-0.25, -0.2) is 9.59 Å². The van der Waals surface area contributed by atoms with Gasteiger partial charge < -0.3 is 24.3 Å². The first-order valence-corrected chi connectivity index (χ1v) is 9.30. The van der Waals surface area contributed by atoms with Crippen molar-refractivity contribution in [2.75, 3.05) is 20.3 Å². The summed E-state index contributed by atoms with van der Waals surface area (Å²) in [6.07, 6.45) is -0.0238. The summed E-state index contributed by atoms with van der Waals surface area (Å²) in [5.41, 5.74) is -0.188. The summed E-state index contributed by atoms with van der Waals surface area (Å²) in [7, 11) is 1.60. The van der Waals surface area contributed by atoms with Crippen molar-refractivity contribution < 1.29 is 28.5 Å². The van der Waals surface area contributed by atoms with Crippen LogP contribution in [0.1, 0.15) is 47.1 Å². The third-order valence-electron chi connectivity index (χ3n) is 3.32. The second-order valence-electron chi connectivity index (χ2n) is 8.50. The molecular weight excluding hydrogens is 362 g/mol. The first-order valence-electron chi connectivity index (χ1n) is 9.30. The van der Waals surface area contributed by atoms with E-state index in [2.05, 4.69) is 5.32 Å². The normalized spacial score (nSPS) is 12.8. The second kappa shape index (κ2) is 10.3. The van der Waals surface area contributed by atoms with E-state index in [0.717, 1.165) is 11.3 Å². The van der Waals surface area contributed by atoms with Gasteiger partial charge in [-0.3, -0.25) is 0 Å². The maximum Gasteiger partial charge on any atom is 0.407 e. The van der Waals surface area contributed by atoms with E-state index in [4.69, 9.17) is 18.9 Å². The largest absolute Gasteiger partial charge is 0.497 e. The fourth-order valence-electron chi connectivity index (χ4n) is 2.33. The van der Waals surface area contributed by atoms with E-state index in [9.17, 15) is 9.59 Å². The number of carbonyl (C=O) groups is 2. The van der Waals surface area contributed by atoms with Crippen LogP contribution < -0.4 is 10.1 Å². The Hall–Kier alpha value is -2.28. The number of esters is 1. The van der Waals surface area contributed by atoms with E-state index in [1.165, 1.54) is 0 Å². The minimum atomic E-state index is -0.605. The number of amides is 1. The first kappa shape index (κ1) is 23.8. The molecule has 1 N–H and O–H groups in total. The number of methoxy groups -OCH3 is 1. The average molecular weight is 395 g/mol. The van der Waals surface area contributed by atoms with Gasteiger partial charge in [-0.05, 0) is 65.7 Å². The average Bonchev–Trinajstić information content (AvgIpc) is 2.51. The monoisotopic (exact) mass is 395 g/mol. The van der Waals surface area contributed by atoms with Gasteiger partial charge in [0.25, 0.3) is 0 Å². The number of alkyl carbamates (subject to hydrolysis) is 1. The van der Waals surface area contributed by atoms with E-state index in [1.807, 2.05) is 24.3 Å². The number of carbonyl (C=O) groups excluding carboxylic acids is 2. The SMILES string of the molecule is COc1ccc(CC(COCC(=O)OC(C)(C)C)NC(=O)OC(C)(C)C)cc1. The highest BCUT2D eigenvalue weighted by Crippen LogP contribution is 2.14. The summed E-state index contributed by atoms with van der Waals surface area (Å²) in [5, 5.41) is 2.80. The minimum absolute atomic E-state index is 0.143. The zero-order chi connectivity index (χ0) is 21.4. The third-order valence-corrected chi connectivity index (χ3v) is 3.32. The maximum atomic E-state index is 12.1. The van der Waals surface area contributed by atoms with Gasteiger partial charge in [0.1, 0.15) is 23.6 Å². The molecule has 1 aromatic carbocycles. The molecule has 0 aromatic heterocycles. The summed E-state index contributed by atoms with van der Waals surface area (Å²) >= 11 is 0. The molecule has 0 aliphatic rings. The van der Waals surface area contributed by atoms with Crippen molar-refractivity contribution in [1.82, 2.24) is 5.32 Å². The highest BCUT2D eigenvalue weighted by atomic mass is 16.6. The molecule has 0 fully saturated rings. The molecule has 1 aromatic rings. The smallest absolute Gasteiger partial charge is 0.407 e. The Bertz CT molecular complexity index is 628. The van der Waals surface area contributed by atoms with Gasteiger partial charge in [0.05, 0.1) is 19.8 Å². The molecule has 0 radical (unpaired) electrons. The van der Waals surface area contributed by atoms with Crippen LogP contribution in [0.5, 0.6) is 5.75 Å². The Morgan fingerprint density at radius 1 is 0.964 bits per heavy atom. The molecule has 0 heterocycles. The topological polar surface area (TPSA) is 83.1 Å². The molecule has 158 valence electrons. The molecule has 0 bridgehead atoms. The van der Waals surface area contributed by atoms with E-state index >= 15 is 0 Å². The van der Waals surface area contributed by atoms with Gasteiger partial charge >= 0.3 is 12.1 Å². The molecule has 28 heavy (non-hydrogen) atoms. The third kappa shape index (κ3) is 10.8. The Morgan fingerprint density at radius 2 is 1.54 bits per heavy atom. The quantitative estimate of drug-likeness (QED) is 0.679. The lowest BCUT2D eigenvalue weighted by atomic mass is 10.1. The van der Waals surface area contributed by atoms with Crippen LogP contribution in [-0.4, -0.2) is 49.6 Å². The van der Waals surface area contributed by atoms with Crippen LogP contribution >= 0.6 is 0 Å². The Balaban J connectivity index is 2.68. The fourth-order valence-corrected chi connectivity index (χ4v) is 2.33. The Kier molecular flexibility index (Phi) is 8.75. The lowest BCUT2D eigenvalue weighted by molar-refractivity contribution is -0.160. The number of nitrogens with one attached hydrogen (secondary N) is 1. The fraction of sp³-hybridized carbons (Fsp3) is 0.619. The van der Waals surface area contributed by atoms with Crippen molar-refractivity contribution in [2.45, 2.75) is 65.2 Å². The standard InChI is InChI=1S/C21H33NO6/c1-20(2,3)27-18(23)14-26-13-16(22-19(24)28-21(4,5)6)12-15-8-10-17(25-7)11-9-15/h8-11,16H,12-14H2,1-7H3,(H,22,24). The number of hydrogen-bond donors (Lipinski definition) is 1. The van der Waals surface area contributed by atoms with Gasteiger partial charge in [-0.2, -0.15) is 0 Å². The van der Waals surface area contributed by atoms with Gasteiger partial charge in [0.2, 0.25) is 0 Å². The lowest BCUT2D eigenvalue weighted by Crippen LogP contribution is -2.43. The van der Waals surface area contributed by atoms with Crippen LogP contribution in [0.4, 0.5) is 4.79 Å². The summed E-state index contributed by atoms with van der Waals surface area (Å²) in [6, 6.07) is 7.15. The van der Waals surface area contributed by atoms with Crippen molar-refractivity contribution in [3.05, 3.63) is 29.8 Å². The molecule has 1 unspecified atom stereocenters. The lowest BCUT2D eigenvalue weighted by Gasteiger charge is -2.24. The molecule has 0 aliphatic carbocycles. The zero-order valence-electron chi connectivity index (χ0n) is 18.0. The number of benzene rings is 1. The molecule has 1 amide bonds. The number of rotatable bonds is 8. The molecular formula is C21H33NO6. The van der Waals surface area contributed by atoms with Crippen molar-refractivity contribution in [1.29, 1.82) is 0 Å². The summed E-state index contributed by atoms with van der Waals surface area (Å²) < 4.78 is 21.2. The Morgan fingerprint density at radius 3 is 2.04 bits per heavy atom. The van der Waals surface area contributed by atoms with Gasteiger partial charge in [-0.1, -0.05) is 12.1 Å². The molecule has 1 atom stereocenters. The zero-order valence-corrected chi connectivity index (χ0v) is 18.0. The summed E-state index contributed by atoms with van der Waals surface area (Å²) in [5.74, 6) is 0.301. The van der Waals surface area contributed by atoms with E-state index in [1.54, 1.807) is 48.7 Å². The highest BCUT2D eigenvalue weighted by molar-refractivity contribution is 5.71. The van der Waals surface area contributed by atoms with E-state index in [-0.39, 0.29) is 19.3 Å². The Labute approximate surface area is 167 Å². The summed E-state index contributed by atoms with van der Waals surface area (Å²) in [6.45, 7) is 10.7. The second-order valence-corrected chi connectivity index (χ2v) is 8.50. The van der Waals surface area contributed by atoms with Crippen LogP contribution in [-0.2, 0) is 25.4 Å². The molecule has 7 heteroatoms. The van der Waals surface area contributed by atoms with Gasteiger partial charge in [0, 0.05) is 0 Å². The van der Waals surface area contributed by atoms with E-state index in [0.29, 0.717) is 6.42 Å². The molecule has 0 saturated heterocycles. The number of hydrogen-bond acceptors (Lipinski definition) is 6. The maximum absolute atomic E-state index is 12.1. The predicted octanol–water partition coefficient (Wildman–Crippen LogP) is 3.49. The molecule has 0 aliphatic heterocycles. The van der Waals surface area contributed by atoms with Crippen molar-refractivity contribution in [3.8, 4) is 5.75 Å². The van der Waals surface area contributed by atoms with Crippen molar-refractivity contribution in [2.24, 2.45) is 0 Å². The van der Waals surface area contributed by atoms with E-state index < -0.39 is 23.3 Å². The van der Waals surface area contributed by atoms with Gasteiger partial charge in [0.15, 0.2) is 0 Å². The van der Waals surface area contributed by atoms with Crippen LogP contribution in [0.2, 0.25) is 0 Å². The van der Waals surface area contributed by atoms with Crippen LogP contribution in [0, 0.1) is 0 Å².